The smallest absolute Gasteiger partial charge is 0.224 e. The molecule has 55 nitrogen and oxygen atoms in total. The molecule has 10 aliphatic heterocycles. The Hall–Kier alpha value is -2.20. The minimum atomic E-state index is -2.22. The van der Waals surface area contributed by atoms with Crippen LogP contribution in [0, 0.1) is 0 Å². The quantitative estimate of drug-likeness (QED) is 0.0452. The van der Waals surface area contributed by atoms with Gasteiger partial charge in [-0.2, -0.15) is 0 Å². The molecule has 0 aromatic carbocycles. The molecular weight excluding hydrogens is 1600 g/mol. The van der Waals surface area contributed by atoms with Gasteiger partial charge in [0.1, 0.15) is 246 Å². The number of ether oxygens (including phenoxy) is 15. The molecule has 10 heterocycles. The number of aliphatic hydroxyl groups excluding tert-OH is 40. The lowest BCUT2D eigenvalue weighted by Gasteiger charge is -2.44. The van der Waals surface area contributed by atoms with E-state index in [-0.39, 0.29) is 0 Å². The molecule has 0 saturated carbocycles. The molecule has 115 heavy (non-hydrogen) atoms. The van der Waals surface area contributed by atoms with Crippen molar-refractivity contribution in [2.45, 2.75) is 287 Å². The highest BCUT2D eigenvalue weighted by Crippen LogP contribution is 2.41. The maximum Gasteiger partial charge on any atom is 0.224 e. The average Bonchev–Trinajstić information content (AvgIpc) is 1.67. The Bertz CT molecular complexity index is 2450. The summed E-state index contributed by atoms with van der Waals surface area (Å²) < 4.78 is 77.0. The first-order valence-corrected chi connectivity index (χ1v) is 35.3. The van der Waals surface area contributed by atoms with E-state index in [4.69, 9.17) is 122 Å². The fraction of sp³-hybridized carbons (Fsp3) is 1.00. The summed E-state index contributed by atoms with van der Waals surface area (Å²) in [4.78, 5) is 0. The van der Waals surface area contributed by atoms with E-state index in [0.29, 0.717) is 0 Å². The van der Waals surface area contributed by atoms with Crippen molar-refractivity contribution in [2.75, 3.05) is 85.9 Å². The van der Waals surface area contributed by atoms with Crippen molar-refractivity contribution in [2.24, 2.45) is 0 Å². The Labute approximate surface area is 647 Å². The molecule has 0 radical (unpaired) electrons. The first kappa shape index (κ1) is 102. The Morgan fingerprint density at radius 1 is 0.165 bits per heavy atom. The Morgan fingerprint density at radius 3 is 0.435 bits per heavy atom. The number of rotatable bonds is 23. The third-order valence-corrected chi connectivity index (χ3v) is 20.1. The molecule has 0 amide bonds. The maximum absolute atomic E-state index is 10.00. The van der Waals surface area contributed by atoms with Crippen molar-refractivity contribution in [3.05, 3.63) is 0 Å². The second kappa shape index (κ2) is 44.4. The Kier molecular flexibility index (Phi) is 39.2. The van der Waals surface area contributed by atoms with Crippen molar-refractivity contribution in [3.8, 4) is 0 Å². The minimum absolute atomic E-state index is 0.667. The van der Waals surface area contributed by atoms with Crippen LogP contribution in [0.5, 0.6) is 0 Å². The summed E-state index contributed by atoms with van der Waals surface area (Å²) in [6.45, 7) is -9.64. The second-order valence-corrected chi connectivity index (χ2v) is 27.7. The monoisotopic (exact) mass is 1710 g/mol. The maximum atomic E-state index is 10.00. The predicted octanol–water partition coefficient (Wildman–Crippen LogP) is -27.0. The van der Waals surface area contributed by atoms with Gasteiger partial charge in [0.15, 0.2) is 44.0 Å². The lowest BCUT2D eigenvalue weighted by molar-refractivity contribution is -0.383. The summed E-state index contributed by atoms with van der Waals surface area (Å²) in [5.74, 6) is -6.67. The van der Waals surface area contributed by atoms with E-state index < -0.39 is 373 Å². The van der Waals surface area contributed by atoms with Gasteiger partial charge in [0.05, 0.1) is 66.1 Å². The number of hydrogen-bond acceptors (Lipinski definition) is 55. The third kappa shape index (κ3) is 22.1. The van der Waals surface area contributed by atoms with Crippen LogP contribution in [0.1, 0.15) is 0 Å². The molecule has 0 aromatic rings. The van der Waals surface area contributed by atoms with Crippen LogP contribution >= 0.6 is 0 Å². The largest absolute Gasteiger partial charge is 0.394 e. The average molecular weight is 1710 g/mol. The van der Waals surface area contributed by atoms with Gasteiger partial charge in [0.2, 0.25) is 17.4 Å². The van der Waals surface area contributed by atoms with Gasteiger partial charge < -0.3 is 275 Å². The van der Waals surface area contributed by atoms with Crippen LogP contribution in [0.4, 0.5) is 0 Å². The molecule has 0 unspecified atom stereocenters. The molecule has 10 aliphatic rings. The highest BCUT2D eigenvalue weighted by atomic mass is 16.8. The standard InChI is InChI=1S/5C12H22O11/c3*13-1-4-6(16)8(18)9(19)11(21-4)23-12(3-15)10(20)7(17)5(2-14)22-12;2*13-1-3-5(15)7(17)9(19)11(21-3)23-12-10(20)8(18)6(16)4(2-14)22-12/h3*4-11,13-20H,1-3H2;2*3-20H,1-2H2/t3*4-,5-,6-,7-,8+,9-,10+,11-,12+;2*3-,4-,5-,6-,7+,8+,9-,10-,11-,12-/m11111/s1. The van der Waals surface area contributed by atoms with Crippen LogP contribution in [-0.2, 0) is 71.1 Å². The van der Waals surface area contributed by atoms with Gasteiger partial charge in [0, 0.05) is 0 Å². The highest BCUT2D eigenvalue weighted by Gasteiger charge is 2.63. The molecule has 10 fully saturated rings. The number of hydrogen-bond donors (Lipinski definition) is 40. The molecule has 55 heteroatoms. The second-order valence-electron chi connectivity index (χ2n) is 27.7. The van der Waals surface area contributed by atoms with Gasteiger partial charge in [-0.3, -0.25) is 0 Å². The molecule has 0 aromatic heterocycles. The summed E-state index contributed by atoms with van der Waals surface area (Å²) in [5.41, 5.74) is 0. The topological polar surface area (TPSA) is 948 Å². The van der Waals surface area contributed by atoms with Crippen molar-refractivity contribution in [1.82, 2.24) is 0 Å². The highest BCUT2D eigenvalue weighted by molar-refractivity contribution is 5.03. The zero-order valence-electron chi connectivity index (χ0n) is 60.1. The van der Waals surface area contributed by atoms with Crippen molar-refractivity contribution in [3.63, 3.8) is 0 Å². The molecule has 40 N–H and O–H groups in total. The van der Waals surface area contributed by atoms with Gasteiger partial charge in [-0.15, -0.1) is 0 Å². The van der Waals surface area contributed by atoms with Gasteiger partial charge in [-0.25, -0.2) is 0 Å². The van der Waals surface area contributed by atoms with Crippen LogP contribution in [0.2, 0.25) is 0 Å². The fourth-order valence-corrected chi connectivity index (χ4v) is 12.9. The molecular formula is C60H110O55. The van der Waals surface area contributed by atoms with E-state index >= 15 is 0 Å². The van der Waals surface area contributed by atoms with Crippen LogP contribution < -0.4 is 0 Å². The first-order valence-electron chi connectivity index (χ1n) is 35.3. The van der Waals surface area contributed by atoms with E-state index in [9.17, 15) is 153 Å². The van der Waals surface area contributed by atoms with Gasteiger partial charge in [-0.05, 0) is 0 Å². The molecule has 0 spiro atoms. The summed E-state index contributed by atoms with van der Waals surface area (Å²) in [7, 11) is 0. The summed E-state index contributed by atoms with van der Waals surface area (Å²) >= 11 is 0. The van der Waals surface area contributed by atoms with Gasteiger partial charge in [-0.1, -0.05) is 0 Å². The van der Waals surface area contributed by atoms with Gasteiger partial charge in [0.25, 0.3) is 0 Å². The molecule has 0 bridgehead atoms. The molecule has 0 aliphatic carbocycles. The lowest BCUT2D eigenvalue weighted by atomic mass is 9.98. The van der Waals surface area contributed by atoms with Gasteiger partial charge >= 0.3 is 0 Å². The van der Waals surface area contributed by atoms with Crippen LogP contribution in [0.25, 0.3) is 0 Å². The molecule has 47 atom stereocenters. The molecule has 10 saturated heterocycles. The lowest BCUT2D eigenvalue weighted by Crippen LogP contribution is -2.63. The normalized spacial score (nSPS) is 51.3. The van der Waals surface area contributed by atoms with Crippen molar-refractivity contribution in [1.29, 1.82) is 0 Å². The van der Waals surface area contributed by atoms with Crippen molar-refractivity contribution >= 4 is 0 Å². The zero-order valence-corrected chi connectivity index (χ0v) is 60.1. The zero-order chi connectivity index (χ0) is 86.7. The Morgan fingerprint density at radius 2 is 0.304 bits per heavy atom. The SMILES string of the molecule is OC[C@H]1O[C@@](CO)(O[C@H]2O[C@H](CO)[C@@H](O)[C@H](O)[C@H]2O)[C@@H](O)[C@@H]1O.OC[C@H]1O[C@@](CO)(O[C@H]2O[C@H](CO)[C@@H](O)[C@H](O)[C@H]2O)[C@@H](O)[C@@H]1O.OC[C@H]1O[C@@](CO)(O[C@H]2O[C@H](CO)[C@@H](O)[C@H](O)[C@H]2O)[C@@H](O)[C@@H]1O.OC[C@H]1O[C@H](O[C@H]2O[C@H](CO)[C@@H](O)[C@H](O)[C@H]2O)[C@H](O)[C@@H](O)[C@@H]1O.OC[C@H]1O[C@H](O[C@H]2O[C@H](CO)[C@@H](O)[C@H](O)[C@H]2O)[C@H](O)[C@@H](O)[C@@H]1O. The van der Waals surface area contributed by atoms with E-state index in [2.05, 4.69) is 0 Å². The minimum Gasteiger partial charge on any atom is -0.394 e. The van der Waals surface area contributed by atoms with Crippen LogP contribution in [0.15, 0.2) is 0 Å². The third-order valence-electron chi connectivity index (χ3n) is 20.1. The summed E-state index contributed by atoms with van der Waals surface area (Å²) in [6, 6.07) is 0. The molecule has 10 rings (SSSR count). The summed E-state index contributed by atoms with van der Waals surface area (Å²) in [5, 5.41) is 383. The van der Waals surface area contributed by atoms with E-state index in [1.165, 1.54) is 0 Å². The van der Waals surface area contributed by atoms with Crippen LogP contribution in [0.3, 0.4) is 0 Å². The van der Waals surface area contributed by atoms with E-state index in [0.717, 1.165) is 0 Å². The van der Waals surface area contributed by atoms with Crippen molar-refractivity contribution < 1.29 is 275 Å². The predicted molar refractivity (Wildman–Crippen MR) is 343 cm³/mol. The summed E-state index contributed by atoms with van der Waals surface area (Å²) in [6.07, 6.45) is -69.1. The molecule has 680 valence electrons. The Balaban J connectivity index is 0.000000224. The van der Waals surface area contributed by atoms with Crippen LogP contribution in [-0.4, -0.2) is 577 Å². The first-order chi connectivity index (χ1) is 54.0. The van der Waals surface area contributed by atoms with E-state index in [1.807, 2.05) is 0 Å². The number of aliphatic hydroxyl groups is 40. The fourth-order valence-electron chi connectivity index (χ4n) is 12.9. The van der Waals surface area contributed by atoms with E-state index in [1.54, 1.807) is 0 Å².